The molecule has 0 aromatic carbocycles. The predicted molar refractivity (Wildman–Crippen MR) is 154 cm³/mol. The molecule has 218 valence electrons. The van der Waals surface area contributed by atoms with Crippen LogP contribution < -0.4 is 0 Å². The maximum absolute atomic E-state index is 12.4. The Balaban J connectivity index is 1.29. The molecule has 7 unspecified atom stereocenters. The highest BCUT2D eigenvalue weighted by Gasteiger charge is 2.29. The number of esters is 1. The van der Waals surface area contributed by atoms with E-state index in [9.17, 15) is 9.90 Å². The van der Waals surface area contributed by atoms with Crippen molar-refractivity contribution in [1.82, 2.24) is 0 Å². The highest BCUT2D eigenvalue weighted by molar-refractivity contribution is 5.72. The number of allylic oxidation sites excluding steroid dienone is 2. The van der Waals surface area contributed by atoms with Crippen molar-refractivity contribution in [1.29, 1.82) is 0 Å². The van der Waals surface area contributed by atoms with Crippen LogP contribution in [-0.4, -0.2) is 42.8 Å². The average Bonchev–Trinajstić information content (AvgIpc) is 2.94. The van der Waals surface area contributed by atoms with Gasteiger partial charge >= 0.3 is 5.97 Å². The molecule has 0 spiro atoms. The van der Waals surface area contributed by atoms with Crippen LogP contribution in [0.2, 0.25) is 0 Å². The summed E-state index contributed by atoms with van der Waals surface area (Å²) >= 11 is 0. The third-order valence-electron chi connectivity index (χ3n) is 9.46. The van der Waals surface area contributed by atoms with Crippen LogP contribution in [0.1, 0.15) is 111 Å². The van der Waals surface area contributed by atoms with Crippen molar-refractivity contribution in [2.75, 3.05) is 13.2 Å². The lowest BCUT2D eigenvalue weighted by atomic mass is 9.74. The van der Waals surface area contributed by atoms with Crippen molar-refractivity contribution >= 4 is 5.97 Å². The van der Waals surface area contributed by atoms with Crippen LogP contribution in [0.5, 0.6) is 0 Å². The summed E-state index contributed by atoms with van der Waals surface area (Å²) in [6.45, 7) is 9.55. The average molecular weight is 533 g/mol. The molecule has 0 saturated heterocycles. The third kappa shape index (κ3) is 10.4. The van der Waals surface area contributed by atoms with Crippen molar-refractivity contribution in [2.45, 2.75) is 130 Å². The van der Waals surface area contributed by atoms with Crippen molar-refractivity contribution in [2.24, 2.45) is 35.5 Å². The minimum absolute atomic E-state index is 0.0470. The summed E-state index contributed by atoms with van der Waals surface area (Å²) in [5.74, 6) is 3.37. The Morgan fingerprint density at radius 3 is 2.26 bits per heavy atom. The summed E-state index contributed by atoms with van der Waals surface area (Å²) in [6.07, 6.45) is 23.1. The summed E-state index contributed by atoms with van der Waals surface area (Å²) in [5.41, 5.74) is 0. The lowest BCUT2D eigenvalue weighted by Crippen LogP contribution is -2.28. The Kier molecular flexibility index (Phi) is 13.9. The van der Waals surface area contributed by atoms with Gasteiger partial charge in [-0.1, -0.05) is 70.8 Å². The SMILES string of the molecule is CCCCC1CCC(C(=O)OCCOC(C)OC2C=CC(C(CC)CC(C)C3C=CC(O)CC3)CC2)CC1. The van der Waals surface area contributed by atoms with Crippen LogP contribution in [0.4, 0.5) is 0 Å². The first-order chi connectivity index (χ1) is 18.4. The van der Waals surface area contributed by atoms with Gasteiger partial charge in [0.25, 0.3) is 0 Å². The van der Waals surface area contributed by atoms with Crippen molar-refractivity contribution in [3.05, 3.63) is 24.3 Å². The fourth-order valence-corrected chi connectivity index (χ4v) is 6.86. The normalized spacial score (nSPS) is 32.0. The van der Waals surface area contributed by atoms with Gasteiger partial charge in [0.2, 0.25) is 0 Å². The summed E-state index contributed by atoms with van der Waals surface area (Å²) in [5, 5.41) is 9.75. The van der Waals surface area contributed by atoms with Crippen molar-refractivity contribution in [3.8, 4) is 0 Å². The molecule has 5 nitrogen and oxygen atoms in total. The first-order valence-electron chi connectivity index (χ1n) is 15.9. The van der Waals surface area contributed by atoms with Gasteiger partial charge in [-0.15, -0.1) is 0 Å². The van der Waals surface area contributed by atoms with Crippen molar-refractivity contribution in [3.63, 3.8) is 0 Å². The molecule has 1 fully saturated rings. The second-order valence-electron chi connectivity index (χ2n) is 12.3. The number of aliphatic hydroxyl groups excluding tert-OH is 1. The Hall–Kier alpha value is -1.17. The lowest BCUT2D eigenvalue weighted by molar-refractivity contribution is -0.169. The van der Waals surface area contributed by atoms with Gasteiger partial charge in [-0.2, -0.15) is 0 Å². The summed E-state index contributed by atoms with van der Waals surface area (Å²) in [6, 6.07) is 0. The number of hydrogen-bond donors (Lipinski definition) is 1. The molecule has 5 heteroatoms. The molecule has 3 aliphatic carbocycles. The highest BCUT2D eigenvalue weighted by Crippen LogP contribution is 2.37. The molecule has 7 atom stereocenters. The molecule has 0 bridgehead atoms. The lowest BCUT2D eigenvalue weighted by Gasteiger charge is -2.34. The van der Waals surface area contributed by atoms with E-state index in [0.29, 0.717) is 36.9 Å². The van der Waals surface area contributed by atoms with E-state index in [0.717, 1.165) is 57.3 Å². The van der Waals surface area contributed by atoms with Crippen LogP contribution >= 0.6 is 0 Å². The third-order valence-corrected chi connectivity index (χ3v) is 9.46. The molecular weight excluding hydrogens is 476 g/mol. The fourth-order valence-electron chi connectivity index (χ4n) is 6.86. The number of ether oxygens (including phenoxy) is 3. The number of carbonyl (C=O) groups is 1. The van der Waals surface area contributed by atoms with Crippen LogP contribution in [-0.2, 0) is 19.0 Å². The Bertz CT molecular complexity index is 725. The molecule has 0 aliphatic heterocycles. The van der Waals surface area contributed by atoms with Crippen LogP contribution in [0, 0.1) is 35.5 Å². The molecule has 3 rings (SSSR count). The summed E-state index contributed by atoms with van der Waals surface area (Å²) in [4.78, 5) is 12.4. The van der Waals surface area contributed by atoms with Gasteiger partial charge in [0, 0.05) is 0 Å². The van der Waals surface area contributed by atoms with Gasteiger partial charge in [-0.25, -0.2) is 0 Å². The monoisotopic (exact) mass is 532 g/mol. The van der Waals surface area contributed by atoms with E-state index in [1.165, 1.54) is 32.1 Å². The number of hydrogen-bond acceptors (Lipinski definition) is 5. The Morgan fingerprint density at radius 1 is 0.895 bits per heavy atom. The van der Waals surface area contributed by atoms with E-state index in [4.69, 9.17) is 14.2 Å². The molecule has 0 aromatic rings. The topological polar surface area (TPSA) is 65.0 Å². The van der Waals surface area contributed by atoms with E-state index < -0.39 is 0 Å². The van der Waals surface area contributed by atoms with Gasteiger partial charge in [-0.3, -0.25) is 4.79 Å². The molecule has 38 heavy (non-hydrogen) atoms. The summed E-state index contributed by atoms with van der Waals surface area (Å²) in [7, 11) is 0. The number of unbranched alkanes of at least 4 members (excludes halogenated alkanes) is 1. The first-order valence-corrected chi connectivity index (χ1v) is 15.9. The zero-order valence-corrected chi connectivity index (χ0v) is 24.7. The zero-order chi connectivity index (χ0) is 27.3. The predicted octanol–water partition coefficient (Wildman–Crippen LogP) is 7.62. The van der Waals surface area contributed by atoms with E-state index in [-0.39, 0.29) is 30.4 Å². The van der Waals surface area contributed by atoms with Gasteiger partial charge in [-0.05, 0) is 94.3 Å². The second kappa shape index (κ2) is 16.8. The first kappa shape index (κ1) is 31.4. The molecule has 0 heterocycles. The number of aliphatic hydroxyl groups is 1. The van der Waals surface area contributed by atoms with Crippen LogP contribution in [0.15, 0.2) is 24.3 Å². The Labute approximate surface area is 232 Å². The quantitative estimate of drug-likeness (QED) is 0.102. The largest absolute Gasteiger partial charge is 0.463 e. The van der Waals surface area contributed by atoms with Gasteiger partial charge in [0.1, 0.15) is 6.61 Å². The van der Waals surface area contributed by atoms with Crippen molar-refractivity contribution < 1.29 is 24.1 Å². The smallest absolute Gasteiger partial charge is 0.309 e. The van der Waals surface area contributed by atoms with Gasteiger partial charge in [0.15, 0.2) is 6.29 Å². The maximum Gasteiger partial charge on any atom is 0.309 e. The molecule has 0 amide bonds. The molecule has 0 radical (unpaired) electrons. The van der Waals surface area contributed by atoms with E-state index in [1.54, 1.807) is 0 Å². The van der Waals surface area contributed by atoms with Crippen LogP contribution in [0.3, 0.4) is 0 Å². The minimum atomic E-state index is -0.315. The standard InChI is InChI=1S/C33H56O5/c1-5-7-8-26-9-11-30(12-10-26)33(35)37-22-21-36-25(4)38-32-19-15-29(16-20-32)27(6-2)23-24(3)28-13-17-31(34)18-14-28/h13,15,17,19,24-32,34H,5-12,14,16,18,20-23H2,1-4H3. The molecule has 1 N–H and O–H groups in total. The number of carbonyl (C=O) groups excluding carboxylic acids is 1. The fraction of sp³-hybridized carbons (Fsp3) is 0.848. The zero-order valence-electron chi connectivity index (χ0n) is 24.7. The summed E-state index contributed by atoms with van der Waals surface area (Å²) < 4.78 is 17.5. The van der Waals surface area contributed by atoms with E-state index >= 15 is 0 Å². The maximum atomic E-state index is 12.4. The van der Waals surface area contributed by atoms with E-state index in [1.807, 2.05) is 13.0 Å². The van der Waals surface area contributed by atoms with Gasteiger partial charge in [0.05, 0.1) is 24.7 Å². The molecule has 1 saturated carbocycles. The second-order valence-corrected chi connectivity index (χ2v) is 12.3. The Morgan fingerprint density at radius 2 is 1.63 bits per heavy atom. The van der Waals surface area contributed by atoms with Gasteiger partial charge < -0.3 is 19.3 Å². The number of rotatable bonds is 15. The molecule has 3 aliphatic rings. The minimum Gasteiger partial charge on any atom is -0.463 e. The highest BCUT2D eigenvalue weighted by atomic mass is 16.7. The van der Waals surface area contributed by atoms with E-state index in [2.05, 4.69) is 39.0 Å². The molecule has 0 aromatic heterocycles. The van der Waals surface area contributed by atoms with Crippen LogP contribution in [0.25, 0.3) is 0 Å². The molecular formula is C33H56O5.